The Kier molecular flexibility index (Phi) is 6.59. The molecule has 1 heterocycles. The van der Waals surface area contributed by atoms with Gasteiger partial charge in [0.1, 0.15) is 0 Å². The normalized spacial score (nSPS) is 18.9. The van der Waals surface area contributed by atoms with Crippen LogP contribution in [0, 0.1) is 5.92 Å². The van der Waals surface area contributed by atoms with E-state index in [1.54, 1.807) is 18.2 Å². The van der Waals surface area contributed by atoms with E-state index in [4.69, 9.17) is 0 Å². The lowest BCUT2D eigenvalue weighted by molar-refractivity contribution is 0.0942. The van der Waals surface area contributed by atoms with E-state index >= 15 is 0 Å². The quantitative estimate of drug-likeness (QED) is 0.791. The number of aliphatic hydroxyl groups excluding tert-OH is 1. The van der Waals surface area contributed by atoms with E-state index in [9.17, 15) is 13.5 Å². The van der Waals surface area contributed by atoms with Crippen molar-refractivity contribution in [3.8, 4) is 0 Å². The molecule has 1 unspecified atom stereocenters. The zero-order chi connectivity index (χ0) is 16.9. The summed E-state index contributed by atoms with van der Waals surface area (Å²) in [5.74, 6) is 0.743. The smallest absolute Gasteiger partial charge is 0.240 e. The number of nitrogens with one attached hydrogen (secondary N) is 1. The van der Waals surface area contributed by atoms with Gasteiger partial charge in [0.25, 0.3) is 0 Å². The van der Waals surface area contributed by atoms with Gasteiger partial charge in [-0.05, 0) is 56.0 Å². The first-order valence-electron chi connectivity index (χ1n) is 8.39. The summed E-state index contributed by atoms with van der Waals surface area (Å²) in [6.07, 6.45) is 2.39. The standard InChI is InChI=1S/C17H28N2O3S/c1-3-15-5-4-6-17(11-15)23(21,22)18-12-16(20)13-19-9-7-14(2)8-10-19/h4-6,11,14,16,18,20H,3,7-10,12-13H2,1-2H3. The van der Waals surface area contributed by atoms with Crippen LogP contribution in [-0.2, 0) is 16.4 Å². The molecule has 1 aliphatic rings. The Hall–Kier alpha value is -0.950. The highest BCUT2D eigenvalue weighted by molar-refractivity contribution is 7.89. The fourth-order valence-corrected chi connectivity index (χ4v) is 3.97. The molecular formula is C17H28N2O3S. The molecule has 0 radical (unpaired) electrons. The average Bonchev–Trinajstić information content (AvgIpc) is 2.55. The highest BCUT2D eigenvalue weighted by Gasteiger charge is 2.20. The summed E-state index contributed by atoms with van der Waals surface area (Å²) in [6, 6.07) is 6.92. The van der Waals surface area contributed by atoms with Crippen molar-refractivity contribution in [2.45, 2.75) is 44.1 Å². The molecule has 1 aromatic carbocycles. The first kappa shape index (κ1) is 18.4. The fraction of sp³-hybridized carbons (Fsp3) is 0.647. The summed E-state index contributed by atoms with van der Waals surface area (Å²) in [5.41, 5.74) is 0.982. The van der Waals surface area contributed by atoms with Gasteiger partial charge < -0.3 is 10.0 Å². The molecule has 0 amide bonds. The number of aryl methyl sites for hydroxylation is 1. The minimum Gasteiger partial charge on any atom is -0.390 e. The maximum atomic E-state index is 12.3. The number of β-amino-alcohol motifs (C(OH)–C–C–N with tert-alkyl or cyclic N) is 1. The monoisotopic (exact) mass is 340 g/mol. The third-order valence-corrected chi connectivity index (χ3v) is 5.89. The van der Waals surface area contributed by atoms with Gasteiger partial charge in [-0.3, -0.25) is 0 Å². The van der Waals surface area contributed by atoms with Gasteiger partial charge in [0, 0.05) is 13.1 Å². The SMILES string of the molecule is CCc1cccc(S(=O)(=O)NCC(O)CN2CCC(C)CC2)c1. The zero-order valence-electron chi connectivity index (χ0n) is 14.0. The number of benzene rings is 1. The summed E-state index contributed by atoms with van der Waals surface area (Å²) in [7, 11) is -3.57. The van der Waals surface area contributed by atoms with E-state index in [0.29, 0.717) is 6.54 Å². The van der Waals surface area contributed by atoms with Crippen molar-refractivity contribution in [2.24, 2.45) is 5.92 Å². The molecule has 5 nitrogen and oxygen atoms in total. The number of hydrogen-bond donors (Lipinski definition) is 2. The van der Waals surface area contributed by atoms with Gasteiger partial charge in [-0.25, -0.2) is 13.1 Å². The summed E-state index contributed by atoms with van der Waals surface area (Å²) >= 11 is 0. The molecule has 0 saturated carbocycles. The van der Waals surface area contributed by atoms with Crippen LogP contribution in [-0.4, -0.2) is 50.7 Å². The van der Waals surface area contributed by atoms with Crippen LogP contribution in [0.3, 0.4) is 0 Å². The highest BCUT2D eigenvalue weighted by atomic mass is 32.2. The average molecular weight is 340 g/mol. The Balaban J connectivity index is 1.86. The lowest BCUT2D eigenvalue weighted by Crippen LogP contribution is -2.43. The second-order valence-electron chi connectivity index (χ2n) is 6.49. The van der Waals surface area contributed by atoms with Crippen molar-refractivity contribution in [3.05, 3.63) is 29.8 Å². The number of likely N-dealkylation sites (tertiary alicyclic amines) is 1. The molecule has 0 aliphatic carbocycles. The van der Waals surface area contributed by atoms with Crippen LogP contribution in [0.25, 0.3) is 0 Å². The number of hydrogen-bond acceptors (Lipinski definition) is 4. The van der Waals surface area contributed by atoms with Crippen molar-refractivity contribution < 1.29 is 13.5 Å². The van der Waals surface area contributed by atoms with Crippen molar-refractivity contribution in [3.63, 3.8) is 0 Å². The van der Waals surface area contributed by atoms with Crippen LogP contribution in [0.4, 0.5) is 0 Å². The topological polar surface area (TPSA) is 69.6 Å². The van der Waals surface area contributed by atoms with Crippen molar-refractivity contribution in [2.75, 3.05) is 26.2 Å². The van der Waals surface area contributed by atoms with E-state index < -0.39 is 16.1 Å². The maximum absolute atomic E-state index is 12.3. The molecule has 1 aliphatic heterocycles. The van der Waals surface area contributed by atoms with E-state index in [1.165, 1.54) is 0 Å². The summed E-state index contributed by atoms with van der Waals surface area (Å²) in [5, 5.41) is 10.1. The minimum absolute atomic E-state index is 0.0464. The number of nitrogens with zero attached hydrogens (tertiary/aromatic N) is 1. The van der Waals surface area contributed by atoms with Gasteiger partial charge in [-0.2, -0.15) is 0 Å². The molecular weight excluding hydrogens is 312 g/mol. The van der Waals surface area contributed by atoms with Crippen LogP contribution in [0.5, 0.6) is 0 Å². The highest BCUT2D eigenvalue weighted by Crippen LogP contribution is 2.16. The van der Waals surface area contributed by atoms with Gasteiger partial charge in [-0.1, -0.05) is 26.0 Å². The van der Waals surface area contributed by atoms with Gasteiger partial charge in [-0.15, -0.1) is 0 Å². The Morgan fingerprint density at radius 1 is 1.35 bits per heavy atom. The van der Waals surface area contributed by atoms with Gasteiger partial charge in [0.15, 0.2) is 0 Å². The van der Waals surface area contributed by atoms with Crippen LogP contribution < -0.4 is 4.72 Å². The van der Waals surface area contributed by atoms with Gasteiger partial charge in [0.2, 0.25) is 10.0 Å². The lowest BCUT2D eigenvalue weighted by atomic mass is 9.99. The predicted molar refractivity (Wildman–Crippen MR) is 91.9 cm³/mol. The van der Waals surface area contributed by atoms with E-state index in [-0.39, 0.29) is 11.4 Å². The second-order valence-corrected chi connectivity index (χ2v) is 8.26. The number of rotatable bonds is 7. The van der Waals surface area contributed by atoms with Crippen LogP contribution in [0.15, 0.2) is 29.2 Å². The number of piperidine rings is 1. The largest absolute Gasteiger partial charge is 0.390 e. The summed E-state index contributed by atoms with van der Waals surface area (Å²) < 4.78 is 27.1. The van der Waals surface area contributed by atoms with E-state index in [0.717, 1.165) is 43.8 Å². The molecule has 0 spiro atoms. The molecule has 23 heavy (non-hydrogen) atoms. The lowest BCUT2D eigenvalue weighted by Gasteiger charge is -2.31. The van der Waals surface area contributed by atoms with Gasteiger partial charge in [0.05, 0.1) is 11.0 Å². The molecule has 1 aromatic rings. The van der Waals surface area contributed by atoms with Crippen molar-refractivity contribution in [1.29, 1.82) is 0 Å². The molecule has 2 rings (SSSR count). The maximum Gasteiger partial charge on any atom is 0.240 e. The molecule has 0 bridgehead atoms. The Morgan fingerprint density at radius 2 is 2.04 bits per heavy atom. The predicted octanol–water partition coefficient (Wildman–Crippen LogP) is 1.62. The molecule has 1 fully saturated rings. The molecule has 6 heteroatoms. The van der Waals surface area contributed by atoms with Crippen LogP contribution in [0.2, 0.25) is 0 Å². The first-order chi connectivity index (χ1) is 10.9. The van der Waals surface area contributed by atoms with Crippen LogP contribution in [0.1, 0.15) is 32.3 Å². The van der Waals surface area contributed by atoms with Crippen molar-refractivity contribution in [1.82, 2.24) is 9.62 Å². The molecule has 2 N–H and O–H groups in total. The third-order valence-electron chi connectivity index (χ3n) is 4.47. The van der Waals surface area contributed by atoms with Crippen LogP contribution >= 0.6 is 0 Å². The van der Waals surface area contributed by atoms with E-state index in [2.05, 4.69) is 16.5 Å². The summed E-state index contributed by atoms with van der Waals surface area (Å²) in [6.45, 7) is 6.75. The Morgan fingerprint density at radius 3 is 2.70 bits per heavy atom. The molecule has 1 saturated heterocycles. The number of sulfonamides is 1. The first-order valence-corrected chi connectivity index (χ1v) is 9.88. The minimum atomic E-state index is -3.57. The zero-order valence-corrected chi connectivity index (χ0v) is 14.8. The third kappa shape index (κ3) is 5.57. The summed E-state index contributed by atoms with van der Waals surface area (Å²) in [4.78, 5) is 2.47. The Bertz CT molecular complexity index is 596. The van der Waals surface area contributed by atoms with Gasteiger partial charge >= 0.3 is 0 Å². The van der Waals surface area contributed by atoms with Crippen molar-refractivity contribution >= 4 is 10.0 Å². The molecule has 1 atom stereocenters. The molecule has 0 aromatic heterocycles. The van der Waals surface area contributed by atoms with E-state index in [1.807, 2.05) is 13.0 Å². The Labute approximate surface area is 139 Å². The number of aliphatic hydroxyl groups is 1. The molecule has 130 valence electrons. The second kappa shape index (κ2) is 8.24. The fourth-order valence-electron chi connectivity index (χ4n) is 2.83.